The predicted molar refractivity (Wildman–Crippen MR) is 79.5 cm³/mol. The Hall–Kier alpha value is -2.34. The highest BCUT2D eigenvalue weighted by Crippen LogP contribution is 2.17. The predicted octanol–water partition coefficient (Wildman–Crippen LogP) is 1.12. The van der Waals surface area contributed by atoms with Crippen molar-refractivity contribution in [2.24, 2.45) is 12.8 Å². The number of hydrogen-bond acceptors (Lipinski definition) is 4. The summed E-state index contributed by atoms with van der Waals surface area (Å²) in [7, 11) is 5.71. The standard InChI is InChI=1S/C14H19N5O/c1-18(2)12-6-4-11(5-7-12)17-14(20)13(15)10-8-16-19(3)9-10/h4-9,13H,15H2,1-3H3,(H,17,20). The largest absolute Gasteiger partial charge is 0.378 e. The zero-order valence-corrected chi connectivity index (χ0v) is 11.9. The number of benzene rings is 1. The Morgan fingerprint density at radius 2 is 2.00 bits per heavy atom. The Balaban J connectivity index is 2.04. The third kappa shape index (κ3) is 3.16. The Morgan fingerprint density at radius 3 is 2.50 bits per heavy atom. The fourth-order valence-electron chi connectivity index (χ4n) is 1.82. The second-order valence-corrected chi connectivity index (χ2v) is 4.86. The summed E-state index contributed by atoms with van der Waals surface area (Å²) >= 11 is 0. The van der Waals surface area contributed by atoms with Gasteiger partial charge < -0.3 is 16.0 Å². The molecule has 1 unspecified atom stereocenters. The van der Waals surface area contributed by atoms with Crippen molar-refractivity contribution in [2.45, 2.75) is 6.04 Å². The topological polar surface area (TPSA) is 76.2 Å². The van der Waals surface area contributed by atoms with Gasteiger partial charge in [-0.3, -0.25) is 9.48 Å². The van der Waals surface area contributed by atoms with E-state index in [1.54, 1.807) is 24.1 Å². The fraction of sp³-hybridized carbons (Fsp3) is 0.286. The molecule has 0 saturated heterocycles. The van der Waals surface area contributed by atoms with Crippen molar-refractivity contribution in [2.75, 3.05) is 24.3 Å². The molecule has 1 aromatic heterocycles. The van der Waals surface area contributed by atoms with Crippen LogP contribution in [0.3, 0.4) is 0 Å². The first-order chi connectivity index (χ1) is 9.47. The van der Waals surface area contributed by atoms with Crippen LogP contribution in [0, 0.1) is 0 Å². The Bertz CT molecular complexity index is 588. The molecule has 2 rings (SSSR count). The highest BCUT2D eigenvalue weighted by molar-refractivity contribution is 5.95. The first kappa shape index (κ1) is 14.1. The van der Waals surface area contributed by atoms with Crippen LogP contribution in [0.5, 0.6) is 0 Å². The van der Waals surface area contributed by atoms with Crippen LogP contribution in [-0.2, 0) is 11.8 Å². The van der Waals surface area contributed by atoms with Gasteiger partial charge in [-0.15, -0.1) is 0 Å². The quantitative estimate of drug-likeness (QED) is 0.875. The Kier molecular flexibility index (Phi) is 4.05. The summed E-state index contributed by atoms with van der Waals surface area (Å²) in [5.41, 5.74) is 8.39. The first-order valence-electron chi connectivity index (χ1n) is 6.30. The van der Waals surface area contributed by atoms with Gasteiger partial charge in [-0.2, -0.15) is 5.10 Å². The number of amides is 1. The molecule has 20 heavy (non-hydrogen) atoms. The van der Waals surface area contributed by atoms with Crippen LogP contribution in [-0.4, -0.2) is 29.8 Å². The van der Waals surface area contributed by atoms with Crippen LogP contribution in [0.25, 0.3) is 0 Å². The van der Waals surface area contributed by atoms with Gasteiger partial charge in [0, 0.05) is 44.3 Å². The van der Waals surface area contributed by atoms with Gasteiger partial charge in [0.05, 0.1) is 6.20 Å². The Morgan fingerprint density at radius 1 is 1.35 bits per heavy atom. The van der Waals surface area contributed by atoms with Crippen molar-refractivity contribution >= 4 is 17.3 Å². The molecular weight excluding hydrogens is 254 g/mol. The molecule has 6 heteroatoms. The highest BCUT2D eigenvalue weighted by atomic mass is 16.2. The highest BCUT2D eigenvalue weighted by Gasteiger charge is 2.17. The molecule has 0 fully saturated rings. The molecule has 106 valence electrons. The van der Waals surface area contributed by atoms with Crippen molar-refractivity contribution in [3.05, 3.63) is 42.2 Å². The molecule has 6 nitrogen and oxygen atoms in total. The van der Waals surface area contributed by atoms with Crippen LogP contribution < -0.4 is 16.0 Å². The van der Waals surface area contributed by atoms with Crippen LogP contribution >= 0.6 is 0 Å². The molecule has 2 aromatic rings. The van der Waals surface area contributed by atoms with E-state index in [2.05, 4.69) is 10.4 Å². The molecule has 1 amide bonds. The molecule has 1 atom stereocenters. The maximum Gasteiger partial charge on any atom is 0.246 e. The van der Waals surface area contributed by atoms with Gasteiger partial charge in [0.1, 0.15) is 6.04 Å². The van der Waals surface area contributed by atoms with E-state index in [0.29, 0.717) is 5.56 Å². The van der Waals surface area contributed by atoms with Crippen LogP contribution in [0.1, 0.15) is 11.6 Å². The number of anilines is 2. The van der Waals surface area contributed by atoms with Gasteiger partial charge in [0.2, 0.25) is 5.91 Å². The number of carbonyl (C=O) groups is 1. The number of hydrogen-bond donors (Lipinski definition) is 2. The van der Waals surface area contributed by atoms with Crippen molar-refractivity contribution in [1.82, 2.24) is 9.78 Å². The number of carbonyl (C=O) groups excluding carboxylic acids is 1. The lowest BCUT2D eigenvalue weighted by molar-refractivity contribution is -0.117. The lowest BCUT2D eigenvalue weighted by Crippen LogP contribution is -2.27. The van der Waals surface area contributed by atoms with Gasteiger partial charge in [-0.05, 0) is 24.3 Å². The molecule has 0 saturated carbocycles. The van der Waals surface area contributed by atoms with E-state index in [1.165, 1.54) is 0 Å². The summed E-state index contributed by atoms with van der Waals surface area (Å²) in [6.45, 7) is 0. The normalized spacial score (nSPS) is 12.0. The zero-order valence-electron chi connectivity index (χ0n) is 11.9. The molecule has 0 spiro atoms. The molecular formula is C14H19N5O. The maximum absolute atomic E-state index is 12.1. The van der Waals surface area contributed by atoms with Gasteiger partial charge in [-0.1, -0.05) is 0 Å². The number of rotatable bonds is 4. The minimum Gasteiger partial charge on any atom is -0.378 e. The van der Waals surface area contributed by atoms with Gasteiger partial charge in [-0.25, -0.2) is 0 Å². The number of aromatic nitrogens is 2. The summed E-state index contributed by atoms with van der Waals surface area (Å²) in [5, 5.41) is 6.81. The maximum atomic E-state index is 12.1. The van der Waals surface area contributed by atoms with Crippen molar-refractivity contribution < 1.29 is 4.79 Å². The number of nitrogens with one attached hydrogen (secondary N) is 1. The van der Waals surface area contributed by atoms with E-state index >= 15 is 0 Å². The summed E-state index contributed by atoms with van der Waals surface area (Å²) in [5.74, 6) is -0.254. The summed E-state index contributed by atoms with van der Waals surface area (Å²) < 4.78 is 1.62. The van der Waals surface area contributed by atoms with Crippen LogP contribution in [0.15, 0.2) is 36.7 Å². The molecule has 3 N–H and O–H groups in total. The van der Waals surface area contributed by atoms with E-state index in [4.69, 9.17) is 5.73 Å². The third-order valence-corrected chi connectivity index (χ3v) is 3.02. The van der Waals surface area contributed by atoms with E-state index < -0.39 is 6.04 Å². The minimum absolute atomic E-state index is 0.254. The molecule has 0 bridgehead atoms. The minimum atomic E-state index is -0.725. The van der Waals surface area contributed by atoms with Crippen molar-refractivity contribution in [3.63, 3.8) is 0 Å². The smallest absolute Gasteiger partial charge is 0.246 e. The summed E-state index contributed by atoms with van der Waals surface area (Å²) in [4.78, 5) is 14.1. The second-order valence-electron chi connectivity index (χ2n) is 4.86. The lowest BCUT2D eigenvalue weighted by Gasteiger charge is -2.14. The van der Waals surface area contributed by atoms with E-state index in [1.807, 2.05) is 43.3 Å². The van der Waals surface area contributed by atoms with Crippen LogP contribution in [0.2, 0.25) is 0 Å². The molecule has 0 aliphatic heterocycles. The second kappa shape index (κ2) is 5.75. The average Bonchev–Trinajstić information content (AvgIpc) is 2.85. The first-order valence-corrected chi connectivity index (χ1v) is 6.30. The van der Waals surface area contributed by atoms with Crippen LogP contribution in [0.4, 0.5) is 11.4 Å². The molecule has 0 aliphatic carbocycles. The van der Waals surface area contributed by atoms with Gasteiger partial charge in [0.15, 0.2) is 0 Å². The third-order valence-electron chi connectivity index (χ3n) is 3.02. The molecule has 1 aromatic carbocycles. The van der Waals surface area contributed by atoms with Gasteiger partial charge in [0.25, 0.3) is 0 Å². The SMILES string of the molecule is CN(C)c1ccc(NC(=O)C(N)c2cnn(C)c2)cc1. The summed E-state index contributed by atoms with van der Waals surface area (Å²) in [6.07, 6.45) is 3.33. The van der Waals surface area contributed by atoms with E-state index in [-0.39, 0.29) is 5.91 Å². The lowest BCUT2D eigenvalue weighted by atomic mass is 10.1. The summed E-state index contributed by atoms with van der Waals surface area (Å²) in [6, 6.07) is 6.85. The molecule has 0 radical (unpaired) electrons. The van der Waals surface area contributed by atoms with Crippen molar-refractivity contribution in [3.8, 4) is 0 Å². The molecule has 1 heterocycles. The fourth-order valence-corrected chi connectivity index (χ4v) is 1.82. The van der Waals surface area contributed by atoms with E-state index in [0.717, 1.165) is 11.4 Å². The number of nitrogens with zero attached hydrogens (tertiary/aromatic N) is 3. The van der Waals surface area contributed by atoms with E-state index in [9.17, 15) is 4.79 Å². The average molecular weight is 273 g/mol. The monoisotopic (exact) mass is 273 g/mol. The Labute approximate surface area is 118 Å². The zero-order chi connectivity index (χ0) is 14.7. The molecule has 0 aliphatic rings. The number of nitrogens with two attached hydrogens (primary N) is 1. The number of aryl methyl sites for hydroxylation is 1. The van der Waals surface area contributed by atoms with Gasteiger partial charge >= 0.3 is 0 Å². The van der Waals surface area contributed by atoms with Crippen molar-refractivity contribution in [1.29, 1.82) is 0 Å².